The van der Waals surface area contributed by atoms with Gasteiger partial charge in [-0.2, -0.15) is 0 Å². The van der Waals surface area contributed by atoms with E-state index in [1.165, 1.54) is 11.1 Å². The maximum absolute atomic E-state index is 12.7. The lowest BCUT2D eigenvalue weighted by Crippen LogP contribution is -2.52. The normalized spacial score (nSPS) is 20.1. The summed E-state index contributed by atoms with van der Waals surface area (Å²) < 4.78 is 0. The van der Waals surface area contributed by atoms with Crippen LogP contribution in [0.4, 0.5) is 10.7 Å². The van der Waals surface area contributed by atoms with Crippen molar-refractivity contribution < 1.29 is 4.79 Å². The smallest absolute Gasteiger partial charge is 0.317 e. The number of benzene rings is 1. The topological polar surface area (TPSA) is 61.4 Å². The zero-order valence-electron chi connectivity index (χ0n) is 14.3. The van der Waals surface area contributed by atoms with E-state index in [0.717, 1.165) is 44.8 Å². The van der Waals surface area contributed by atoms with Gasteiger partial charge in [-0.25, -0.2) is 14.8 Å². The fourth-order valence-corrected chi connectivity index (χ4v) is 3.67. The van der Waals surface area contributed by atoms with Gasteiger partial charge in [0, 0.05) is 44.6 Å². The van der Waals surface area contributed by atoms with Crippen LogP contribution in [-0.4, -0.2) is 46.6 Å². The van der Waals surface area contributed by atoms with Gasteiger partial charge in [0.2, 0.25) is 5.95 Å². The van der Waals surface area contributed by atoms with Crippen LogP contribution in [0.5, 0.6) is 0 Å². The van der Waals surface area contributed by atoms with Crippen LogP contribution in [0.3, 0.4) is 0 Å². The molecular weight excluding hydrogens is 314 g/mol. The summed E-state index contributed by atoms with van der Waals surface area (Å²) in [6.07, 6.45) is 6.48. The average Bonchev–Trinajstić information content (AvgIpc) is 2.68. The predicted molar refractivity (Wildman–Crippen MR) is 96.4 cm³/mol. The van der Waals surface area contributed by atoms with Gasteiger partial charge in [0.05, 0.1) is 0 Å². The Morgan fingerprint density at radius 3 is 2.72 bits per heavy atom. The fraction of sp³-hybridized carbons (Fsp3) is 0.421. The van der Waals surface area contributed by atoms with E-state index in [4.69, 9.17) is 0 Å². The number of urea groups is 1. The summed E-state index contributed by atoms with van der Waals surface area (Å²) >= 11 is 0. The van der Waals surface area contributed by atoms with Gasteiger partial charge in [0.25, 0.3) is 0 Å². The standard InChI is InChI=1S/C19H23N5O/c25-19(24-12-8-15-5-1-2-6-16(15)13-24)22-17-7-3-11-23(14-17)18-20-9-4-10-21-18/h1-2,4-6,9-10,17H,3,7-8,11-14H2,(H,22,25)/t17-/m1/s1. The second kappa shape index (κ2) is 7.09. The number of aromatic nitrogens is 2. The van der Waals surface area contributed by atoms with Crippen LogP contribution in [-0.2, 0) is 13.0 Å². The molecular formula is C19H23N5O. The highest BCUT2D eigenvalue weighted by molar-refractivity contribution is 5.75. The van der Waals surface area contributed by atoms with Crippen molar-refractivity contribution >= 4 is 12.0 Å². The molecule has 1 aromatic carbocycles. The summed E-state index contributed by atoms with van der Waals surface area (Å²) in [5.74, 6) is 0.744. The summed E-state index contributed by atoms with van der Waals surface area (Å²) in [5, 5.41) is 3.21. The number of anilines is 1. The number of nitrogens with zero attached hydrogens (tertiary/aromatic N) is 4. The van der Waals surface area contributed by atoms with Gasteiger partial charge < -0.3 is 15.1 Å². The fourth-order valence-electron chi connectivity index (χ4n) is 3.67. The third kappa shape index (κ3) is 3.57. The van der Waals surface area contributed by atoms with Crippen molar-refractivity contribution in [3.05, 3.63) is 53.9 Å². The molecule has 4 rings (SSSR count). The lowest BCUT2D eigenvalue weighted by molar-refractivity contribution is 0.186. The molecule has 0 saturated carbocycles. The van der Waals surface area contributed by atoms with E-state index in [0.29, 0.717) is 6.54 Å². The van der Waals surface area contributed by atoms with Gasteiger partial charge in [0.1, 0.15) is 0 Å². The van der Waals surface area contributed by atoms with Gasteiger partial charge in [-0.3, -0.25) is 0 Å². The molecule has 130 valence electrons. The van der Waals surface area contributed by atoms with Crippen LogP contribution in [0.15, 0.2) is 42.7 Å². The van der Waals surface area contributed by atoms with Crippen molar-refractivity contribution in [2.45, 2.75) is 31.8 Å². The van der Waals surface area contributed by atoms with Crippen molar-refractivity contribution in [3.8, 4) is 0 Å². The monoisotopic (exact) mass is 337 g/mol. The largest absolute Gasteiger partial charge is 0.339 e. The third-order valence-electron chi connectivity index (χ3n) is 5.00. The number of hydrogen-bond donors (Lipinski definition) is 1. The molecule has 1 atom stereocenters. The molecule has 6 nitrogen and oxygen atoms in total. The molecule has 0 unspecified atom stereocenters. The Morgan fingerprint density at radius 1 is 1.08 bits per heavy atom. The molecule has 0 bridgehead atoms. The Kier molecular flexibility index (Phi) is 4.50. The second-order valence-electron chi connectivity index (χ2n) is 6.72. The maximum Gasteiger partial charge on any atom is 0.317 e. The van der Waals surface area contributed by atoms with Crippen molar-refractivity contribution in [3.63, 3.8) is 0 Å². The number of carbonyl (C=O) groups is 1. The second-order valence-corrected chi connectivity index (χ2v) is 6.72. The zero-order chi connectivity index (χ0) is 17.1. The molecule has 0 aliphatic carbocycles. The van der Waals surface area contributed by atoms with E-state index < -0.39 is 0 Å². The molecule has 6 heteroatoms. The molecule has 2 aliphatic heterocycles. The minimum Gasteiger partial charge on any atom is -0.339 e. The van der Waals surface area contributed by atoms with E-state index >= 15 is 0 Å². The minimum absolute atomic E-state index is 0.0373. The highest BCUT2D eigenvalue weighted by Crippen LogP contribution is 2.19. The van der Waals surface area contributed by atoms with E-state index in [-0.39, 0.29) is 12.1 Å². The van der Waals surface area contributed by atoms with Crippen molar-refractivity contribution in [2.75, 3.05) is 24.5 Å². The lowest BCUT2D eigenvalue weighted by atomic mass is 10.0. The van der Waals surface area contributed by atoms with E-state index in [1.807, 2.05) is 17.0 Å². The number of nitrogens with one attached hydrogen (secondary N) is 1. The molecule has 1 fully saturated rings. The summed E-state index contributed by atoms with van der Waals surface area (Å²) in [4.78, 5) is 25.4. The summed E-state index contributed by atoms with van der Waals surface area (Å²) in [5.41, 5.74) is 2.61. The number of carbonyl (C=O) groups excluding carboxylic acids is 1. The van der Waals surface area contributed by atoms with Crippen molar-refractivity contribution in [2.24, 2.45) is 0 Å². The number of piperidine rings is 1. The van der Waals surface area contributed by atoms with Gasteiger partial charge in [-0.15, -0.1) is 0 Å². The van der Waals surface area contributed by atoms with Crippen LogP contribution in [0, 0.1) is 0 Å². The highest BCUT2D eigenvalue weighted by Gasteiger charge is 2.26. The number of rotatable bonds is 2. The molecule has 1 saturated heterocycles. The average molecular weight is 337 g/mol. The summed E-state index contributed by atoms with van der Waals surface area (Å²) in [6.45, 7) is 3.18. The number of amides is 2. The molecule has 2 amide bonds. The van der Waals surface area contributed by atoms with E-state index in [2.05, 4.69) is 38.4 Å². The first-order chi connectivity index (χ1) is 12.3. The first-order valence-electron chi connectivity index (χ1n) is 8.94. The maximum atomic E-state index is 12.7. The Balaban J connectivity index is 1.36. The lowest BCUT2D eigenvalue weighted by Gasteiger charge is -2.35. The van der Waals surface area contributed by atoms with Crippen LogP contribution in [0.25, 0.3) is 0 Å². The first kappa shape index (κ1) is 15.9. The Labute approximate surface area is 147 Å². The molecule has 2 aliphatic rings. The highest BCUT2D eigenvalue weighted by atomic mass is 16.2. The molecule has 1 N–H and O–H groups in total. The van der Waals surface area contributed by atoms with Gasteiger partial charge >= 0.3 is 6.03 Å². The van der Waals surface area contributed by atoms with Crippen LogP contribution in [0.2, 0.25) is 0 Å². The van der Waals surface area contributed by atoms with Gasteiger partial charge in [-0.05, 0) is 36.5 Å². The first-order valence-corrected chi connectivity index (χ1v) is 8.94. The summed E-state index contributed by atoms with van der Waals surface area (Å²) in [6, 6.07) is 10.4. The van der Waals surface area contributed by atoms with Gasteiger partial charge in [0.15, 0.2) is 0 Å². The molecule has 0 radical (unpaired) electrons. The van der Waals surface area contributed by atoms with Crippen LogP contribution < -0.4 is 10.2 Å². The van der Waals surface area contributed by atoms with Crippen LogP contribution in [0.1, 0.15) is 24.0 Å². The quantitative estimate of drug-likeness (QED) is 0.913. The molecule has 1 aromatic heterocycles. The predicted octanol–water partition coefficient (Wildman–Crippen LogP) is 2.21. The molecule has 3 heterocycles. The SMILES string of the molecule is O=C(N[C@@H]1CCCN(c2ncccn2)C1)N1CCc2ccccc2C1. The number of hydrogen-bond acceptors (Lipinski definition) is 4. The zero-order valence-corrected chi connectivity index (χ0v) is 14.3. The van der Waals surface area contributed by atoms with Crippen LogP contribution >= 0.6 is 0 Å². The van der Waals surface area contributed by atoms with Crippen molar-refractivity contribution in [1.29, 1.82) is 0 Å². The molecule has 2 aromatic rings. The Hall–Kier alpha value is -2.63. The third-order valence-corrected chi connectivity index (χ3v) is 5.00. The Morgan fingerprint density at radius 2 is 1.88 bits per heavy atom. The Bertz CT molecular complexity index is 736. The minimum atomic E-state index is 0.0373. The molecule has 0 spiro atoms. The van der Waals surface area contributed by atoms with E-state index in [1.54, 1.807) is 12.4 Å². The van der Waals surface area contributed by atoms with Crippen molar-refractivity contribution in [1.82, 2.24) is 20.2 Å². The van der Waals surface area contributed by atoms with Gasteiger partial charge in [-0.1, -0.05) is 24.3 Å². The molecule has 25 heavy (non-hydrogen) atoms. The summed E-state index contributed by atoms with van der Waals surface area (Å²) in [7, 11) is 0. The number of fused-ring (bicyclic) bond motifs is 1. The van der Waals surface area contributed by atoms with E-state index in [9.17, 15) is 4.79 Å².